The number of nitrogens with zero attached hydrogens (tertiary/aromatic N) is 1. The maximum Gasteiger partial charge on any atom is 0.0218 e. The van der Waals surface area contributed by atoms with Crippen molar-refractivity contribution in [3.63, 3.8) is 0 Å². The van der Waals surface area contributed by atoms with E-state index in [2.05, 4.69) is 38.0 Å². The minimum atomic E-state index is 0.504. The third kappa shape index (κ3) is 1.84. The Morgan fingerprint density at radius 3 is 2.56 bits per heavy atom. The van der Waals surface area contributed by atoms with Crippen LogP contribution in [0, 0.1) is 16.7 Å². The second kappa shape index (κ2) is 4.21. The van der Waals surface area contributed by atoms with E-state index in [1.807, 2.05) is 0 Å². The van der Waals surface area contributed by atoms with Gasteiger partial charge < -0.3 is 10.2 Å². The molecule has 1 saturated heterocycles. The van der Waals surface area contributed by atoms with Crippen molar-refractivity contribution in [2.75, 3.05) is 20.1 Å². The molecule has 18 heavy (non-hydrogen) atoms. The van der Waals surface area contributed by atoms with E-state index in [-0.39, 0.29) is 0 Å². The molecule has 2 nitrogen and oxygen atoms in total. The molecule has 1 aliphatic heterocycles. The van der Waals surface area contributed by atoms with Crippen LogP contribution in [0.25, 0.3) is 0 Å². The summed E-state index contributed by atoms with van der Waals surface area (Å²) >= 11 is 0. The van der Waals surface area contributed by atoms with Gasteiger partial charge in [0.05, 0.1) is 0 Å². The lowest BCUT2D eigenvalue weighted by Gasteiger charge is -2.44. The van der Waals surface area contributed by atoms with Crippen molar-refractivity contribution in [1.29, 1.82) is 0 Å². The minimum absolute atomic E-state index is 0.504. The monoisotopic (exact) mass is 250 g/mol. The highest BCUT2D eigenvalue weighted by Gasteiger charge is 2.59. The maximum atomic E-state index is 3.97. The number of likely N-dealkylation sites (N-methyl/N-ethyl adjacent to an activating group) is 1. The van der Waals surface area contributed by atoms with Crippen molar-refractivity contribution in [1.82, 2.24) is 10.2 Å². The van der Waals surface area contributed by atoms with Gasteiger partial charge in [-0.15, -0.1) is 0 Å². The molecule has 2 saturated carbocycles. The third-order valence-corrected chi connectivity index (χ3v) is 6.50. The molecule has 0 aromatic rings. The fourth-order valence-corrected chi connectivity index (χ4v) is 5.30. The quantitative estimate of drug-likeness (QED) is 0.828. The Hall–Kier alpha value is -0.0800. The lowest BCUT2D eigenvalue weighted by atomic mass is 9.68. The number of nitrogens with one attached hydrogen (secondary N) is 1. The molecule has 104 valence electrons. The van der Waals surface area contributed by atoms with E-state index >= 15 is 0 Å². The van der Waals surface area contributed by atoms with Gasteiger partial charge in [-0.25, -0.2) is 0 Å². The smallest absolute Gasteiger partial charge is 0.0218 e. The van der Waals surface area contributed by atoms with E-state index in [4.69, 9.17) is 0 Å². The normalized spacial score (nSPS) is 47.0. The van der Waals surface area contributed by atoms with Gasteiger partial charge in [0, 0.05) is 18.6 Å². The predicted octanol–water partition coefficient (Wildman–Crippen LogP) is 2.89. The molecule has 4 atom stereocenters. The molecule has 3 aliphatic rings. The van der Waals surface area contributed by atoms with Crippen LogP contribution in [0.15, 0.2) is 0 Å². The van der Waals surface area contributed by atoms with Gasteiger partial charge in [0.25, 0.3) is 0 Å². The van der Waals surface area contributed by atoms with Gasteiger partial charge in [-0.2, -0.15) is 0 Å². The molecule has 1 heterocycles. The first-order chi connectivity index (χ1) is 8.43. The Bertz CT molecular complexity index is 320. The topological polar surface area (TPSA) is 15.3 Å². The number of rotatable bonds is 3. The number of fused-ring (bicyclic) bond motifs is 2. The van der Waals surface area contributed by atoms with Crippen LogP contribution in [0.3, 0.4) is 0 Å². The predicted molar refractivity (Wildman–Crippen MR) is 76.7 cm³/mol. The molecule has 0 amide bonds. The zero-order chi connectivity index (χ0) is 13.0. The maximum absolute atomic E-state index is 3.97. The van der Waals surface area contributed by atoms with Crippen LogP contribution in [0.2, 0.25) is 0 Å². The first-order valence-corrected chi connectivity index (χ1v) is 7.87. The fraction of sp³-hybridized carbons (Fsp3) is 1.00. The SMILES string of the molecule is CN1CCCC1CNC1C2(C)CCC(C2)C1(C)C. The molecular weight excluding hydrogens is 220 g/mol. The van der Waals surface area contributed by atoms with Crippen molar-refractivity contribution >= 4 is 0 Å². The van der Waals surface area contributed by atoms with Crippen molar-refractivity contribution in [2.45, 2.75) is 65.0 Å². The molecule has 2 heteroatoms. The summed E-state index contributed by atoms with van der Waals surface area (Å²) in [6, 6.07) is 1.52. The molecule has 2 bridgehead atoms. The standard InChI is InChI=1S/C16H30N2/c1-15(2)12-7-8-16(3,10-12)14(15)17-11-13-6-5-9-18(13)4/h12-14,17H,5-11H2,1-4H3. The molecule has 0 aromatic carbocycles. The van der Waals surface area contributed by atoms with E-state index in [1.165, 1.54) is 45.2 Å². The van der Waals surface area contributed by atoms with Gasteiger partial charge in [0.1, 0.15) is 0 Å². The van der Waals surface area contributed by atoms with Crippen LogP contribution < -0.4 is 5.32 Å². The highest BCUT2D eigenvalue weighted by Crippen LogP contribution is 2.62. The molecule has 3 rings (SSSR count). The van der Waals surface area contributed by atoms with Crippen LogP contribution in [0.1, 0.15) is 52.9 Å². The average molecular weight is 250 g/mol. The first-order valence-electron chi connectivity index (χ1n) is 7.87. The van der Waals surface area contributed by atoms with Crippen molar-refractivity contribution in [3.05, 3.63) is 0 Å². The zero-order valence-electron chi connectivity index (χ0n) is 12.6. The Labute approximate surface area is 113 Å². The third-order valence-electron chi connectivity index (χ3n) is 6.50. The van der Waals surface area contributed by atoms with E-state index in [0.29, 0.717) is 10.8 Å². The lowest BCUT2D eigenvalue weighted by Crippen LogP contribution is -2.53. The number of likely N-dealkylation sites (tertiary alicyclic amines) is 1. The summed E-state index contributed by atoms with van der Waals surface area (Å²) in [4.78, 5) is 2.54. The zero-order valence-corrected chi connectivity index (χ0v) is 12.6. The first kappa shape index (κ1) is 12.9. The highest BCUT2D eigenvalue weighted by molar-refractivity contribution is 5.12. The van der Waals surface area contributed by atoms with Gasteiger partial charge in [0.2, 0.25) is 0 Å². The van der Waals surface area contributed by atoms with Gasteiger partial charge in [0.15, 0.2) is 0 Å². The Morgan fingerprint density at radius 2 is 2.00 bits per heavy atom. The average Bonchev–Trinajstić information content (AvgIpc) is 2.90. The largest absolute Gasteiger partial charge is 0.311 e. The highest BCUT2D eigenvalue weighted by atomic mass is 15.2. The van der Waals surface area contributed by atoms with Crippen LogP contribution >= 0.6 is 0 Å². The molecular formula is C16H30N2. The van der Waals surface area contributed by atoms with E-state index in [1.54, 1.807) is 0 Å². The van der Waals surface area contributed by atoms with E-state index < -0.39 is 0 Å². The minimum Gasteiger partial charge on any atom is -0.311 e. The Balaban J connectivity index is 1.65. The second-order valence-corrected chi connectivity index (χ2v) is 8.03. The summed E-state index contributed by atoms with van der Waals surface area (Å²) < 4.78 is 0. The summed E-state index contributed by atoms with van der Waals surface area (Å²) in [5.41, 5.74) is 1.08. The van der Waals surface area contributed by atoms with Crippen LogP contribution in [-0.4, -0.2) is 37.1 Å². The summed E-state index contributed by atoms with van der Waals surface area (Å²) in [5.74, 6) is 0.960. The Kier molecular flexibility index (Phi) is 3.02. The van der Waals surface area contributed by atoms with Gasteiger partial charge in [-0.1, -0.05) is 20.8 Å². The second-order valence-electron chi connectivity index (χ2n) is 8.03. The van der Waals surface area contributed by atoms with E-state index in [0.717, 1.165) is 18.0 Å². The molecule has 0 aromatic heterocycles. The van der Waals surface area contributed by atoms with Gasteiger partial charge in [-0.05, 0) is 62.4 Å². The van der Waals surface area contributed by atoms with Gasteiger partial charge in [-0.3, -0.25) is 0 Å². The lowest BCUT2D eigenvalue weighted by molar-refractivity contribution is 0.103. The van der Waals surface area contributed by atoms with Crippen LogP contribution in [0.5, 0.6) is 0 Å². The Morgan fingerprint density at radius 1 is 1.22 bits per heavy atom. The molecule has 0 radical (unpaired) electrons. The van der Waals surface area contributed by atoms with Crippen molar-refractivity contribution in [3.8, 4) is 0 Å². The summed E-state index contributed by atoms with van der Waals surface area (Å²) in [6.45, 7) is 10.0. The summed E-state index contributed by atoms with van der Waals surface area (Å²) in [7, 11) is 2.28. The molecule has 2 aliphatic carbocycles. The van der Waals surface area contributed by atoms with Gasteiger partial charge >= 0.3 is 0 Å². The molecule has 3 fully saturated rings. The number of hydrogen-bond donors (Lipinski definition) is 1. The van der Waals surface area contributed by atoms with Crippen molar-refractivity contribution < 1.29 is 0 Å². The molecule has 1 N–H and O–H groups in total. The van der Waals surface area contributed by atoms with Crippen molar-refractivity contribution in [2.24, 2.45) is 16.7 Å². The molecule has 4 unspecified atom stereocenters. The number of hydrogen-bond acceptors (Lipinski definition) is 2. The van der Waals surface area contributed by atoms with Crippen LogP contribution in [0.4, 0.5) is 0 Å². The fourth-order valence-electron chi connectivity index (χ4n) is 5.30. The molecule has 0 spiro atoms. The summed E-state index contributed by atoms with van der Waals surface area (Å²) in [6.07, 6.45) is 7.13. The summed E-state index contributed by atoms with van der Waals surface area (Å²) in [5, 5.41) is 3.97. The van der Waals surface area contributed by atoms with E-state index in [9.17, 15) is 0 Å². The van der Waals surface area contributed by atoms with Crippen LogP contribution in [-0.2, 0) is 0 Å².